The average Bonchev–Trinajstić information content (AvgIpc) is 2.91. The van der Waals surface area contributed by atoms with E-state index in [0.29, 0.717) is 92.5 Å². The van der Waals surface area contributed by atoms with Gasteiger partial charge in [-0.3, -0.25) is 4.18 Å². The van der Waals surface area contributed by atoms with Gasteiger partial charge in [0.15, 0.2) is 0 Å². The maximum Gasteiger partial charge on any atom is 0.297 e. The van der Waals surface area contributed by atoms with E-state index in [-0.39, 0.29) is 18.1 Å². The Morgan fingerprint density at radius 3 is 1.08 bits per heavy atom. The van der Waals surface area contributed by atoms with Gasteiger partial charge in [0.1, 0.15) is 0 Å². The molecule has 0 heterocycles. The smallest absolute Gasteiger partial charge is 0.297 e. The first-order valence-corrected chi connectivity index (χ1v) is 15.2. The third-order valence-electron chi connectivity index (χ3n) is 4.32. The number of rotatable bonds is 28. The van der Waals surface area contributed by atoms with Crippen molar-refractivity contribution in [2.45, 2.75) is 4.90 Å². The predicted octanol–water partition coefficient (Wildman–Crippen LogP) is 1.96. The fourth-order valence-corrected chi connectivity index (χ4v) is 3.78. The monoisotopic (exact) mass is 664 g/mol. The maximum absolute atomic E-state index is 11.9. The van der Waals surface area contributed by atoms with Gasteiger partial charge >= 0.3 is 0 Å². The topological polar surface area (TPSA) is 117 Å². The van der Waals surface area contributed by atoms with Crippen molar-refractivity contribution in [3.05, 3.63) is 30.3 Å². The largest absolute Gasteiger partial charge is 0.378 e. The summed E-state index contributed by atoms with van der Waals surface area (Å²) in [6.45, 7) is 7.74. The predicted molar refractivity (Wildman–Crippen MR) is 145 cm³/mol. The molecule has 0 fully saturated rings. The van der Waals surface area contributed by atoms with E-state index in [9.17, 15) is 8.42 Å². The van der Waals surface area contributed by atoms with Crippen molar-refractivity contribution in [1.82, 2.24) is 0 Å². The van der Waals surface area contributed by atoms with Crippen molar-refractivity contribution in [2.24, 2.45) is 0 Å². The minimum atomic E-state index is -3.75. The standard InChI is InChI=1S/C24H41IO11S/c25-6-7-28-8-9-29-10-11-30-12-13-31-14-15-32-16-17-33-18-19-34-20-21-35-22-23-36-37(26,27)24-4-2-1-3-5-24/h1-5H,6-23H2. The van der Waals surface area contributed by atoms with Crippen LogP contribution in [-0.4, -0.2) is 125 Å². The Morgan fingerprint density at radius 1 is 0.459 bits per heavy atom. The van der Waals surface area contributed by atoms with E-state index in [1.807, 2.05) is 0 Å². The molecule has 11 nitrogen and oxygen atoms in total. The molecule has 0 aliphatic heterocycles. The van der Waals surface area contributed by atoms with Gasteiger partial charge in [0, 0.05) is 4.43 Å². The van der Waals surface area contributed by atoms with E-state index in [1.165, 1.54) is 12.1 Å². The summed E-state index contributed by atoms with van der Waals surface area (Å²) in [5, 5.41) is 0. The highest BCUT2D eigenvalue weighted by atomic mass is 127. The van der Waals surface area contributed by atoms with E-state index in [1.54, 1.807) is 18.2 Å². The minimum absolute atomic E-state index is 0.0514. The van der Waals surface area contributed by atoms with Gasteiger partial charge in [0.2, 0.25) is 0 Å². The first kappa shape index (κ1) is 34.6. The summed E-state index contributed by atoms with van der Waals surface area (Å²) in [6, 6.07) is 7.99. The molecule has 0 N–H and O–H groups in total. The lowest BCUT2D eigenvalue weighted by atomic mass is 10.4. The van der Waals surface area contributed by atoms with Crippen molar-refractivity contribution in [1.29, 1.82) is 0 Å². The van der Waals surface area contributed by atoms with E-state index in [0.717, 1.165) is 11.0 Å². The van der Waals surface area contributed by atoms with Crippen LogP contribution in [0.15, 0.2) is 35.2 Å². The normalized spacial score (nSPS) is 11.8. The molecule has 0 unspecified atom stereocenters. The Bertz CT molecular complexity index is 710. The summed E-state index contributed by atoms with van der Waals surface area (Å²) in [4.78, 5) is 0.125. The van der Waals surface area contributed by atoms with Crippen molar-refractivity contribution in [3.63, 3.8) is 0 Å². The fourth-order valence-electron chi connectivity index (χ4n) is 2.55. The number of hydrogen-bond acceptors (Lipinski definition) is 11. The number of hydrogen-bond donors (Lipinski definition) is 0. The number of benzene rings is 1. The lowest BCUT2D eigenvalue weighted by Gasteiger charge is -2.09. The number of alkyl halides is 1. The Kier molecular flexibility index (Phi) is 24.1. The molecule has 0 saturated heterocycles. The summed E-state index contributed by atoms with van der Waals surface area (Å²) >= 11 is 2.27. The molecule has 216 valence electrons. The maximum atomic E-state index is 11.9. The SMILES string of the molecule is O=S(=O)(OCCOCCOCCOCCOCCOCCOCCOCCOCCI)c1ccccc1. The van der Waals surface area contributed by atoms with Crippen LogP contribution < -0.4 is 0 Å². The zero-order valence-corrected chi connectivity index (χ0v) is 24.4. The van der Waals surface area contributed by atoms with Crippen molar-refractivity contribution in [3.8, 4) is 0 Å². The molecule has 0 amide bonds. The van der Waals surface area contributed by atoms with Gasteiger partial charge in [0.05, 0.1) is 117 Å². The van der Waals surface area contributed by atoms with Gasteiger partial charge in [-0.15, -0.1) is 0 Å². The van der Waals surface area contributed by atoms with Gasteiger partial charge in [-0.25, -0.2) is 0 Å². The zero-order valence-electron chi connectivity index (χ0n) is 21.4. The molecular weight excluding hydrogens is 623 g/mol. The molecule has 1 aromatic carbocycles. The average molecular weight is 665 g/mol. The first-order chi connectivity index (χ1) is 18.2. The van der Waals surface area contributed by atoms with Gasteiger partial charge in [-0.05, 0) is 12.1 Å². The first-order valence-electron chi connectivity index (χ1n) is 12.3. The molecule has 1 aromatic rings. The van der Waals surface area contributed by atoms with Crippen LogP contribution in [0.3, 0.4) is 0 Å². The Balaban J connectivity index is 1.71. The third kappa shape index (κ3) is 22.1. The molecule has 1 rings (SSSR count). The fraction of sp³-hybridized carbons (Fsp3) is 0.750. The highest BCUT2D eigenvalue weighted by Gasteiger charge is 2.13. The van der Waals surface area contributed by atoms with Crippen LogP contribution >= 0.6 is 22.6 Å². The van der Waals surface area contributed by atoms with Gasteiger partial charge < -0.3 is 37.9 Å². The summed E-state index contributed by atoms with van der Waals surface area (Å²) in [7, 11) is -3.75. The molecule has 0 aliphatic rings. The van der Waals surface area contributed by atoms with Crippen molar-refractivity contribution >= 4 is 32.7 Å². The highest BCUT2D eigenvalue weighted by Crippen LogP contribution is 2.10. The van der Waals surface area contributed by atoms with E-state index in [4.69, 9.17) is 42.1 Å². The summed E-state index contributed by atoms with van der Waals surface area (Å²) in [5.41, 5.74) is 0. The molecule has 0 aliphatic carbocycles. The van der Waals surface area contributed by atoms with E-state index >= 15 is 0 Å². The van der Waals surface area contributed by atoms with Gasteiger partial charge in [0.25, 0.3) is 10.1 Å². The summed E-state index contributed by atoms with van der Waals surface area (Å²) < 4.78 is 72.8. The molecule has 0 atom stereocenters. The van der Waals surface area contributed by atoms with E-state index < -0.39 is 10.1 Å². The Morgan fingerprint density at radius 2 is 0.757 bits per heavy atom. The molecule has 0 radical (unpaired) electrons. The molecule has 0 aromatic heterocycles. The molecule has 13 heteroatoms. The van der Waals surface area contributed by atoms with E-state index in [2.05, 4.69) is 22.6 Å². The molecule has 0 saturated carbocycles. The minimum Gasteiger partial charge on any atom is -0.378 e. The lowest BCUT2D eigenvalue weighted by Crippen LogP contribution is -2.15. The second-order valence-electron chi connectivity index (χ2n) is 7.18. The molecule has 0 spiro atoms. The molecular formula is C24H41IO11S. The lowest BCUT2D eigenvalue weighted by molar-refractivity contribution is -0.0232. The second kappa shape index (κ2) is 25.8. The van der Waals surface area contributed by atoms with Crippen LogP contribution in [0.25, 0.3) is 0 Å². The summed E-state index contributed by atoms with van der Waals surface area (Å²) in [5.74, 6) is 0. The number of halogens is 1. The van der Waals surface area contributed by atoms with Crippen LogP contribution in [0.1, 0.15) is 0 Å². The highest BCUT2D eigenvalue weighted by molar-refractivity contribution is 14.1. The Labute approximate surface area is 234 Å². The third-order valence-corrected chi connectivity index (χ3v) is 6.09. The van der Waals surface area contributed by atoms with Crippen LogP contribution in [0, 0.1) is 0 Å². The quantitative estimate of drug-likeness (QED) is 0.0567. The molecule has 37 heavy (non-hydrogen) atoms. The van der Waals surface area contributed by atoms with Crippen LogP contribution in [0.2, 0.25) is 0 Å². The van der Waals surface area contributed by atoms with Crippen LogP contribution in [-0.2, 0) is 52.2 Å². The van der Waals surface area contributed by atoms with Crippen molar-refractivity contribution in [2.75, 3.05) is 117 Å². The van der Waals surface area contributed by atoms with Crippen molar-refractivity contribution < 1.29 is 50.5 Å². The van der Waals surface area contributed by atoms with Gasteiger partial charge in [-0.2, -0.15) is 8.42 Å². The number of ether oxygens (including phenoxy) is 8. The Hall–Kier alpha value is -0.460. The molecule has 0 bridgehead atoms. The van der Waals surface area contributed by atoms with Crippen LogP contribution in [0.5, 0.6) is 0 Å². The second-order valence-corrected chi connectivity index (χ2v) is 9.87. The summed E-state index contributed by atoms with van der Waals surface area (Å²) in [6.07, 6.45) is 0. The van der Waals surface area contributed by atoms with Crippen LogP contribution in [0.4, 0.5) is 0 Å². The zero-order chi connectivity index (χ0) is 26.7. The van der Waals surface area contributed by atoms with Gasteiger partial charge in [-0.1, -0.05) is 40.8 Å².